The molecule has 0 aromatic carbocycles. The van der Waals surface area contributed by atoms with Crippen molar-refractivity contribution in [3.8, 4) is 0 Å². The van der Waals surface area contributed by atoms with Crippen molar-refractivity contribution in [1.29, 1.82) is 0 Å². The normalized spacial score (nSPS) is 19.9. The molecule has 1 fully saturated rings. The predicted molar refractivity (Wildman–Crippen MR) is 73.8 cm³/mol. The fourth-order valence-electron chi connectivity index (χ4n) is 2.41. The fourth-order valence-corrected chi connectivity index (χ4v) is 3.49. The molecule has 3 nitrogen and oxygen atoms in total. The molecular weight excluding hydrogens is 348 g/mol. The monoisotopic (exact) mass is 362 g/mol. The molecule has 5 heteroatoms. The highest BCUT2D eigenvalue weighted by atomic mass is 79.9. The molecule has 94 valence electrons. The van der Waals surface area contributed by atoms with Crippen LogP contribution in [0.3, 0.4) is 0 Å². The number of methoxy groups -OCH3 is 1. The molecular formula is C12H16Br2N2O. The van der Waals surface area contributed by atoms with Gasteiger partial charge in [-0.15, -0.1) is 0 Å². The average Bonchev–Trinajstić information content (AvgIpc) is 2.53. The van der Waals surface area contributed by atoms with Crippen molar-refractivity contribution in [2.45, 2.75) is 44.1 Å². The van der Waals surface area contributed by atoms with Crippen LogP contribution in [0.4, 0.5) is 0 Å². The topological polar surface area (TPSA) is 35.0 Å². The van der Waals surface area contributed by atoms with Crippen LogP contribution in [0, 0.1) is 0 Å². The summed E-state index contributed by atoms with van der Waals surface area (Å²) < 4.78 is 7.39. The Morgan fingerprint density at radius 3 is 2.06 bits per heavy atom. The maximum atomic E-state index is 5.79. The zero-order valence-electron chi connectivity index (χ0n) is 9.88. The molecule has 0 spiro atoms. The number of ether oxygens (including phenoxy) is 1. The molecule has 0 radical (unpaired) electrons. The smallest absolute Gasteiger partial charge is 0.162 e. The van der Waals surface area contributed by atoms with Crippen molar-refractivity contribution in [2.24, 2.45) is 0 Å². The molecule has 0 unspecified atom stereocenters. The molecule has 2 rings (SSSR count). The van der Waals surface area contributed by atoms with Gasteiger partial charge in [-0.2, -0.15) is 0 Å². The van der Waals surface area contributed by atoms with Gasteiger partial charge in [0.1, 0.15) is 14.8 Å². The molecule has 0 bridgehead atoms. The summed E-state index contributed by atoms with van der Waals surface area (Å²) >= 11 is 6.83. The Labute approximate surface area is 119 Å². The van der Waals surface area contributed by atoms with Gasteiger partial charge in [-0.25, -0.2) is 9.97 Å². The van der Waals surface area contributed by atoms with Crippen LogP contribution in [-0.2, 0) is 10.3 Å². The van der Waals surface area contributed by atoms with Gasteiger partial charge < -0.3 is 4.74 Å². The minimum absolute atomic E-state index is 0.303. The lowest BCUT2D eigenvalue weighted by molar-refractivity contribution is -0.0354. The molecule has 17 heavy (non-hydrogen) atoms. The second-order valence-corrected chi connectivity index (χ2v) is 6.07. The second-order valence-electron chi connectivity index (χ2n) is 4.45. The highest BCUT2D eigenvalue weighted by Crippen LogP contribution is 2.38. The maximum Gasteiger partial charge on any atom is 0.162 e. The van der Waals surface area contributed by atoms with Crippen molar-refractivity contribution in [1.82, 2.24) is 9.97 Å². The van der Waals surface area contributed by atoms with E-state index < -0.39 is 0 Å². The summed E-state index contributed by atoms with van der Waals surface area (Å²) in [5, 5.41) is 0. The number of hydrogen-bond acceptors (Lipinski definition) is 3. The lowest BCUT2D eigenvalue weighted by Gasteiger charge is -2.29. The molecule has 1 saturated carbocycles. The molecule has 1 aliphatic carbocycles. The molecule has 0 amide bonds. The van der Waals surface area contributed by atoms with Gasteiger partial charge in [0.25, 0.3) is 0 Å². The Morgan fingerprint density at radius 2 is 1.59 bits per heavy atom. The molecule has 0 N–H and O–H groups in total. The summed E-state index contributed by atoms with van der Waals surface area (Å²) in [7, 11) is 1.77. The second kappa shape index (κ2) is 5.76. The molecule has 0 aliphatic heterocycles. The van der Waals surface area contributed by atoms with E-state index in [-0.39, 0.29) is 5.60 Å². The number of hydrogen-bond donors (Lipinski definition) is 0. The molecule has 0 atom stereocenters. The first-order chi connectivity index (χ1) is 8.16. The Bertz CT molecular complexity index is 370. The Kier molecular flexibility index (Phi) is 4.55. The van der Waals surface area contributed by atoms with Crippen molar-refractivity contribution in [2.75, 3.05) is 7.11 Å². The van der Waals surface area contributed by atoms with Gasteiger partial charge in [0, 0.05) is 13.2 Å². The third-order valence-corrected chi connectivity index (χ3v) is 4.19. The fraction of sp³-hybridized carbons (Fsp3) is 0.667. The number of halogens is 2. The van der Waals surface area contributed by atoms with Gasteiger partial charge in [-0.3, -0.25) is 0 Å². The highest BCUT2D eigenvalue weighted by molar-refractivity contribution is 9.11. The van der Waals surface area contributed by atoms with Crippen molar-refractivity contribution in [3.63, 3.8) is 0 Å². The van der Waals surface area contributed by atoms with E-state index >= 15 is 0 Å². The first-order valence-corrected chi connectivity index (χ1v) is 7.51. The number of nitrogens with zero attached hydrogens (tertiary/aromatic N) is 2. The minimum atomic E-state index is -0.303. The van der Waals surface area contributed by atoms with Crippen molar-refractivity contribution >= 4 is 31.9 Å². The Balaban J connectivity index is 2.38. The van der Waals surface area contributed by atoms with E-state index in [1.165, 1.54) is 25.7 Å². The van der Waals surface area contributed by atoms with E-state index in [0.29, 0.717) is 0 Å². The summed E-state index contributed by atoms with van der Waals surface area (Å²) in [4.78, 5) is 8.99. The van der Waals surface area contributed by atoms with Crippen LogP contribution in [0.25, 0.3) is 0 Å². The van der Waals surface area contributed by atoms with E-state index in [1.54, 1.807) is 7.11 Å². The zero-order valence-corrected chi connectivity index (χ0v) is 13.1. The summed E-state index contributed by atoms with van der Waals surface area (Å²) in [5.41, 5.74) is -0.303. The first-order valence-electron chi connectivity index (χ1n) is 5.92. The standard InChI is InChI=1S/C12H16Br2N2O/c1-17-12(6-4-2-3-5-7-12)11-15-9(13)8-10(14)16-11/h8H,2-7H2,1H3. The van der Waals surface area contributed by atoms with E-state index in [9.17, 15) is 0 Å². The van der Waals surface area contributed by atoms with Crippen LogP contribution in [0.5, 0.6) is 0 Å². The maximum absolute atomic E-state index is 5.79. The van der Waals surface area contributed by atoms with E-state index in [1.807, 2.05) is 6.07 Å². The van der Waals surface area contributed by atoms with Gasteiger partial charge in [0.2, 0.25) is 0 Å². The number of aromatic nitrogens is 2. The van der Waals surface area contributed by atoms with Gasteiger partial charge >= 0.3 is 0 Å². The zero-order chi connectivity index (χ0) is 12.3. The van der Waals surface area contributed by atoms with Gasteiger partial charge in [0.15, 0.2) is 5.82 Å². The molecule has 1 heterocycles. The van der Waals surface area contributed by atoms with Crippen LogP contribution < -0.4 is 0 Å². The Morgan fingerprint density at radius 1 is 1.06 bits per heavy atom. The number of rotatable bonds is 2. The average molecular weight is 364 g/mol. The van der Waals surface area contributed by atoms with Crippen molar-refractivity contribution < 1.29 is 4.74 Å². The van der Waals surface area contributed by atoms with Crippen LogP contribution in [0.15, 0.2) is 15.3 Å². The predicted octanol–water partition coefficient (Wildman–Crippen LogP) is 4.20. The molecule has 1 aromatic heterocycles. The molecule has 1 aliphatic rings. The Hall–Kier alpha value is -0.0000000000000000555. The van der Waals surface area contributed by atoms with Gasteiger partial charge in [0.05, 0.1) is 0 Å². The molecule has 1 aromatic rings. The van der Waals surface area contributed by atoms with E-state index in [0.717, 1.165) is 27.9 Å². The third-order valence-electron chi connectivity index (χ3n) is 3.37. The molecule has 0 saturated heterocycles. The SMILES string of the molecule is COC1(c2nc(Br)cc(Br)n2)CCCCCC1. The van der Waals surface area contributed by atoms with Gasteiger partial charge in [-0.1, -0.05) is 25.7 Å². The summed E-state index contributed by atoms with van der Waals surface area (Å²) in [6, 6.07) is 1.85. The highest BCUT2D eigenvalue weighted by Gasteiger charge is 2.36. The van der Waals surface area contributed by atoms with E-state index in [2.05, 4.69) is 41.8 Å². The largest absolute Gasteiger partial charge is 0.370 e. The van der Waals surface area contributed by atoms with Crippen LogP contribution in [0.1, 0.15) is 44.3 Å². The lowest BCUT2D eigenvalue weighted by atomic mass is 9.93. The van der Waals surface area contributed by atoms with Crippen LogP contribution in [-0.4, -0.2) is 17.1 Å². The van der Waals surface area contributed by atoms with E-state index in [4.69, 9.17) is 4.74 Å². The first kappa shape index (κ1) is 13.4. The minimum Gasteiger partial charge on any atom is -0.370 e. The summed E-state index contributed by atoms with van der Waals surface area (Å²) in [5.74, 6) is 0.795. The quantitative estimate of drug-likeness (QED) is 0.583. The summed E-state index contributed by atoms with van der Waals surface area (Å²) in [6.45, 7) is 0. The van der Waals surface area contributed by atoms with Crippen LogP contribution in [0.2, 0.25) is 0 Å². The van der Waals surface area contributed by atoms with Crippen molar-refractivity contribution in [3.05, 3.63) is 21.1 Å². The summed E-state index contributed by atoms with van der Waals surface area (Å²) in [6.07, 6.45) is 6.93. The third kappa shape index (κ3) is 3.06. The van der Waals surface area contributed by atoms with Gasteiger partial charge in [-0.05, 0) is 44.7 Å². The van der Waals surface area contributed by atoms with Crippen LogP contribution >= 0.6 is 31.9 Å². The lowest BCUT2D eigenvalue weighted by Crippen LogP contribution is -2.30.